The number of rotatable bonds is 5. The molecule has 0 aliphatic carbocycles. The fourth-order valence-corrected chi connectivity index (χ4v) is 5.52. The van der Waals surface area contributed by atoms with E-state index in [-0.39, 0.29) is 10.7 Å². The number of nitrogens with zero attached hydrogens (tertiary/aromatic N) is 1. The number of sulfonamides is 1. The molecule has 0 radical (unpaired) electrons. The molecule has 2 aromatic rings. The van der Waals surface area contributed by atoms with E-state index in [4.69, 9.17) is 11.6 Å². The molecule has 1 fully saturated rings. The molecule has 0 bridgehead atoms. The first-order valence-corrected chi connectivity index (χ1v) is 10.7. The van der Waals surface area contributed by atoms with Gasteiger partial charge in [-0.1, -0.05) is 23.7 Å². The van der Waals surface area contributed by atoms with Crippen molar-refractivity contribution in [3.05, 3.63) is 51.2 Å². The maximum absolute atomic E-state index is 12.8. The highest BCUT2D eigenvalue weighted by Gasteiger charge is 2.30. The monoisotopic (exact) mass is 399 g/mol. The molecule has 0 amide bonds. The standard InChI is InChI=1S/C17H19ClN2O3S2/c1-13(21)14-2-5-16(6-3-14)25(22,23)20-10-8-19(9-11-20)12-15-4-7-17(18)24-15/h2-7H,8-12H2,1H3/p+1. The Bertz CT molecular complexity index is 854. The first-order valence-electron chi connectivity index (χ1n) is 8.05. The molecule has 0 spiro atoms. The number of ketones is 1. The van der Waals surface area contributed by atoms with E-state index < -0.39 is 10.0 Å². The van der Waals surface area contributed by atoms with Crippen LogP contribution in [0.5, 0.6) is 0 Å². The predicted molar refractivity (Wildman–Crippen MR) is 98.9 cm³/mol. The van der Waals surface area contributed by atoms with Crippen LogP contribution in [-0.2, 0) is 16.6 Å². The summed E-state index contributed by atoms with van der Waals surface area (Å²) in [5.74, 6) is -0.0742. The molecule has 2 heterocycles. The van der Waals surface area contributed by atoms with Crippen LogP contribution < -0.4 is 4.90 Å². The van der Waals surface area contributed by atoms with Gasteiger partial charge < -0.3 is 4.90 Å². The minimum absolute atomic E-state index is 0.0742. The van der Waals surface area contributed by atoms with Crippen LogP contribution >= 0.6 is 22.9 Å². The Kier molecular flexibility index (Phi) is 5.60. The zero-order valence-corrected chi connectivity index (χ0v) is 16.3. The summed E-state index contributed by atoms with van der Waals surface area (Å²) in [6.45, 7) is 4.85. The third kappa shape index (κ3) is 4.30. The van der Waals surface area contributed by atoms with Crippen molar-refractivity contribution in [3.63, 3.8) is 0 Å². The molecular weight excluding hydrogens is 380 g/mol. The van der Waals surface area contributed by atoms with Crippen LogP contribution in [0.15, 0.2) is 41.3 Å². The minimum atomic E-state index is -3.51. The number of benzene rings is 1. The van der Waals surface area contributed by atoms with Crippen LogP contribution in [0.3, 0.4) is 0 Å². The van der Waals surface area contributed by atoms with Gasteiger partial charge >= 0.3 is 0 Å². The van der Waals surface area contributed by atoms with Crippen molar-refractivity contribution < 1.29 is 18.1 Å². The number of carbonyl (C=O) groups excluding carboxylic acids is 1. The summed E-state index contributed by atoms with van der Waals surface area (Å²) in [5, 5.41) is 0. The van der Waals surface area contributed by atoms with Crippen molar-refractivity contribution in [1.82, 2.24) is 4.31 Å². The van der Waals surface area contributed by atoms with Crippen LogP contribution in [0.2, 0.25) is 4.34 Å². The van der Waals surface area contributed by atoms with Gasteiger partial charge in [0, 0.05) is 5.56 Å². The number of quaternary nitrogens is 1. The van der Waals surface area contributed by atoms with Gasteiger partial charge in [0.05, 0.1) is 40.3 Å². The summed E-state index contributed by atoms with van der Waals surface area (Å²) in [6.07, 6.45) is 0. The number of Topliss-reactive ketones (excluding diaryl/α,β-unsaturated/α-hetero) is 1. The first kappa shape index (κ1) is 18.5. The normalized spacial score (nSPS) is 16.9. The topological polar surface area (TPSA) is 58.9 Å². The second-order valence-corrected chi connectivity index (χ2v) is 9.85. The Hall–Kier alpha value is -1.25. The lowest BCUT2D eigenvalue weighted by molar-refractivity contribution is -0.917. The van der Waals surface area contributed by atoms with Gasteiger partial charge in [0.1, 0.15) is 6.54 Å². The third-order valence-electron chi connectivity index (χ3n) is 4.38. The number of hydrogen-bond donors (Lipinski definition) is 1. The first-order chi connectivity index (χ1) is 11.9. The summed E-state index contributed by atoms with van der Waals surface area (Å²) in [6, 6.07) is 10.1. The van der Waals surface area contributed by atoms with Gasteiger partial charge in [0.2, 0.25) is 10.0 Å². The van der Waals surface area contributed by atoms with Crippen molar-refractivity contribution in [3.8, 4) is 0 Å². The molecule has 3 rings (SSSR count). The summed E-state index contributed by atoms with van der Waals surface area (Å²) < 4.78 is 27.8. The molecule has 25 heavy (non-hydrogen) atoms. The van der Waals surface area contributed by atoms with Crippen molar-refractivity contribution in [2.45, 2.75) is 18.4 Å². The number of carbonyl (C=O) groups is 1. The largest absolute Gasteiger partial charge is 0.328 e. The SMILES string of the molecule is CC(=O)c1ccc(S(=O)(=O)N2CC[NH+](Cc3ccc(Cl)s3)CC2)cc1. The molecule has 8 heteroatoms. The molecule has 1 aromatic heterocycles. The Morgan fingerprint density at radius 1 is 1.16 bits per heavy atom. The Morgan fingerprint density at radius 3 is 2.32 bits per heavy atom. The van der Waals surface area contributed by atoms with Gasteiger partial charge in [0.15, 0.2) is 5.78 Å². The van der Waals surface area contributed by atoms with Gasteiger partial charge in [-0.15, -0.1) is 11.3 Å². The molecule has 1 aromatic carbocycles. The zero-order chi connectivity index (χ0) is 18.0. The molecule has 0 saturated carbocycles. The number of nitrogens with one attached hydrogen (secondary N) is 1. The number of halogens is 1. The van der Waals surface area contributed by atoms with E-state index in [0.717, 1.165) is 24.0 Å². The highest BCUT2D eigenvalue weighted by molar-refractivity contribution is 7.89. The van der Waals surface area contributed by atoms with Gasteiger partial charge in [-0.05, 0) is 31.2 Å². The second kappa shape index (κ2) is 7.55. The van der Waals surface area contributed by atoms with Crippen LogP contribution in [0, 0.1) is 0 Å². The number of hydrogen-bond acceptors (Lipinski definition) is 4. The Labute approximate surface area is 156 Å². The van der Waals surface area contributed by atoms with E-state index in [1.54, 1.807) is 23.5 Å². The van der Waals surface area contributed by atoms with Gasteiger partial charge in [-0.25, -0.2) is 8.42 Å². The molecule has 1 aliphatic heterocycles. The highest BCUT2D eigenvalue weighted by atomic mass is 35.5. The van der Waals surface area contributed by atoms with Gasteiger partial charge in [-0.3, -0.25) is 4.79 Å². The molecule has 0 unspecified atom stereocenters. The maximum atomic E-state index is 12.8. The lowest BCUT2D eigenvalue weighted by atomic mass is 10.2. The van der Waals surface area contributed by atoms with E-state index in [2.05, 4.69) is 0 Å². The van der Waals surface area contributed by atoms with Crippen molar-refractivity contribution in [2.24, 2.45) is 0 Å². The fraction of sp³-hybridized carbons (Fsp3) is 0.353. The van der Waals surface area contributed by atoms with Crippen LogP contribution in [-0.4, -0.2) is 44.7 Å². The molecule has 134 valence electrons. The predicted octanol–water partition coefficient (Wildman–Crippen LogP) is 1.69. The van der Waals surface area contributed by atoms with Crippen molar-refractivity contribution >= 4 is 38.7 Å². The Balaban J connectivity index is 1.63. The van der Waals surface area contributed by atoms with Gasteiger partial charge in [0.25, 0.3) is 0 Å². The molecule has 1 N–H and O–H groups in total. The summed E-state index contributed by atoms with van der Waals surface area (Å²) >= 11 is 7.53. The highest BCUT2D eigenvalue weighted by Crippen LogP contribution is 2.21. The lowest BCUT2D eigenvalue weighted by Crippen LogP contribution is -3.13. The molecule has 0 atom stereocenters. The average Bonchev–Trinajstić information content (AvgIpc) is 3.00. The second-order valence-electron chi connectivity index (χ2n) is 6.12. The average molecular weight is 400 g/mol. The summed E-state index contributed by atoms with van der Waals surface area (Å²) in [4.78, 5) is 14.1. The maximum Gasteiger partial charge on any atom is 0.243 e. The Morgan fingerprint density at radius 2 is 1.80 bits per heavy atom. The number of piperazine rings is 1. The van der Waals surface area contributed by atoms with Crippen molar-refractivity contribution in [2.75, 3.05) is 26.2 Å². The van der Waals surface area contributed by atoms with E-state index >= 15 is 0 Å². The van der Waals surface area contributed by atoms with Gasteiger partial charge in [-0.2, -0.15) is 4.31 Å². The van der Waals surface area contributed by atoms with Crippen LogP contribution in [0.1, 0.15) is 22.2 Å². The van der Waals surface area contributed by atoms with E-state index in [9.17, 15) is 13.2 Å². The van der Waals surface area contributed by atoms with Crippen molar-refractivity contribution in [1.29, 1.82) is 0 Å². The lowest BCUT2D eigenvalue weighted by Gasteiger charge is -2.31. The van der Waals surface area contributed by atoms with E-state index in [0.29, 0.717) is 18.7 Å². The molecule has 1 saturated heterocycles. The van der Waals surface area contributed by atoms with E-state index in [1.165, 1.54) is 33.1 Å². The quantitative estimate of drug-likeness (QED) is 0.778. The smallest absolute Gasteiger partial charge is 0.243 e. The third-order valence-corrected chi connectivity index (χ3v) is 7.53. The van der Waals surface area contributed by atoms with Crippen LogP contribution in [0.4, 0.5) is 0 Å². The minimum Gasteiger partial charge on any atom is -0.328 e. The zero-order valence-electron chi connectivity index (χ0n) is 13.9. The summed E-state index contributed by atoms with van der Waals surface area (Å²) in [7, 11) is -3.51. The van der Waals surface area contributed by atoms with Crippen LogP contribution in [0.25, 0.3) is 0 Å². The van der Waals surface area contributed by atoms with E-state index in [1.807, 2.05) is 12.1 Å². The molecule has 1 aliphatic rings. The molecular formula is C17H20ClN2O3S2+. The fourth-order valence-electron chi connectivity index (χ4n) is 2.92. The summed E-state index contributed by atoms with van der Waals surface area (Å²) in [5.41, 5.74) is 0.517. The number of thiophene rings is 1. The molecule has 5 nitrogen and oxygen atoms in total.